The molecule has 158 valence electrons. The summed E-state index contributed by atoms with van der Waals surface area (Å²) in [6, 6.07) is 11.3. The lowest BCUT2D eigenvalue weighted by Crippen LogP contribution is -2.16. The van der Waals surface area contributed by atoms with Crippen LogP contribution >= 0.6 is 0 Å². The first-order chi connectivity index (χ1) is 14.2. The summed E-state index contributed by atoms with van der Waals surface area (Å²) in [5.41, 5.74) is 1.67. The quantitative estimate of drug-likeness (QED) is 0.577. The van der Waals surface area contributed by atoms with Gasteiger partial charge in [-0.15, -0.1) is 0 Å². The van der Waals surface area contributed by atoms with Crippen LogP contribution in [0, 0.1) is 6.92 Å². The molecular weight excluding hydrogens is 406 g/mol. The van der Waals surface area contributed by atoms with Crippen LogP contribution in [0.4, 0.5) is 5.69 Å². The Hall–Kier alpha value is -3.13. The van der Waals surface area contributed by atoms with Crippen molar-refractivity contribution in [1.29, 1.82) is 0 Å². The lowest BCUT2D eigenvalue weighted by Gasteiger charge is -2.09. The van der Waals surface area contributed by atoms with Crippen LogP contribution in [0.2, 0.25) is 0 Å². The molecule has 1 aromatic heterocycles. The number of fused-ring (bicyclic) bond motifs is 1. The number of ether oxygens (including phenoxy) is 1. The van der Waals surface area contributed by atoms with Gasteiger partial charge in [0.2, 0.25) is 5.91 Å². The second kappa shape index (κ2) is 8.71. The number of carbonyl (C=O) groups is 1. The fraction of sp³-hybridized carbons (Fsp3) is 0.273. The molecule has 1 N–H and O–H groups in total. The highest BCUT2D eigenvalue weighted by molar-refractivity contribution is 7.91. The lowest BCUT2D eigenvalue weighted by molar-refractivity contribution is -0.116. The topological polar surface area (TPSA) is 103 Å². The molecule has 0 aliphatic heterocycles. The van der Waals surface area contributed by atoms with Crippen LogP contribution < -0.4 is 15.7 Å². The van der Waals surface area contributed by atoms with Gasteiger partial charge in [-0.05, 0) is 55.3 Å². The van der Waals surface area contributed by atoms with Crippen LogP contribution in [0.1, 0.15) is 24.5 Å². The number of methoxy groups -OCH3 is 1. The summed E-state index contributed by atoms with van der Waals surface area (Å²) in [7, 11) is -1.75. The summed E-state index contributed by atoms with van der Waals surface area (Å²) >= 11 is 0. The molecule has 0 aliphatic rings. The molecule has 3 aromatic rings. The minimum absolute atomic E-state index is 0.0131. The summed E-state index contributed by atoms with van der Waals surface area (Å²) in [6.07, 6.45) is 0.312. The number of nitrogens with one attached hydrogen (secondary N) is 1. The Kier molecular flexibility index (Phi) is 6.26. The summed E-state index contributed by atoms with van der Waals surface area (Å²) in [6.45, 7) is 3.40. The molecule has 0 aliphatic carbocycles. The Morgan fingerprint density at radius 2 is 1.83 bits per heavy atom. The Morgan fingerprint density at radius 1 is 1.13 bits per heavy atom. The molecule has 8 heteroatoms. The molecule has 0 unspecified atom stereocenters. The molecule has 0 bridgehead atoms. The highest BCUT2D eigenvalue weighted by Crippen LogP contribution is 2.24. The number of aryl methyl sites for hydroxylation is 1. The van der Waals surface area contributed by atoms with Gasteiger partial charge in [0.1, 0.15) is 11.3 Å². The van der Waals surface area contributed by atoms with E-state index in [1.54, 1.807) is 31.2 Å². The second-order valence-corrected chi connectivity index (χ2v) is 9.11. The Morgan fingerprint density at radius 3 is 2.47 bits per heavy atom. The number of amides is 1. The van der Waals surface area contributed by atoms with Crippen molar-refractivity contribution in [2.45, 2.75) is 31.6 Å². The van der Waals surface area contributed by atoms with Crippen LogP contribution in [0.5, 0.6) is 5.75 Å². The van der Waals surface area contributed by atoms with Crippen molar-refractivity contribution in [2.75, 3.05) is 18.2 Å². The second-order valence-electron chi connectivity index (χ2n) is 6.83. The zero-order chi connectivity index (χ0) is 21.9. The van der Waals surface area contributed by atoms with Gasteiger partial charge in [0, 0.05) is 29.1 Å². The van der Waals surface area contributed by atoms with Crippen LogP contribution in [-0.2, 0) is 21.1 Å². The summed E-state index contributed by atoms with van der Waals surface area (Å²) in [5.74, 6) is 0.323. The van der Waals surface area contributed by atoms with Crippen molar-refractivity contribution in [3.63, 3.8) is 0 Å². The molecule has 30 heavy (non-hydrogen) atoms. The first-order valence-corrected chi connectivity index (χ1v) is 11.1. The number of benzene rings is 2. The average molecular weight is 429 g/mol. The molecule has 2 aromatic carbocycles. The van der Waals surface area contributed by atoms with Gasteiger partial charge in [0.25, 0.3) is 0 Å². The Balaban J connectivity index is 1.71. The normalized spacial score (nSPS) is 11.4. The smallest absolute Gasteiger partial charge is 0.339 e. The first-order valence-electron chi connectivity index (χ1n) is 9.48. The van der Waals surface area contributed by atoms with Gasteiger partial charge in [0.05, 0.1) is 17.8 Å². The monoisotopic (exact) mass is 429 g/mol. The average Bonchev–Trinajstić information content (AvgIpc) is 2.73. The summed E-state index contributed by atoms with van der Waals surface area (Å²) in [4.78, 5) is 24.9. The van der Waals surface area contributed by atoms with E-state index < -0.39 is 15.5 Å². The number of hydrogen-bond acceptors (Lipinski definition) is 6. The van der Waals surface area contributed by atoms with Gasteiger partial charge in [-0.3, -0.25) is 4.79 Å². The van der Waals surface area contributed by atoms with Crippen LogP contribution in [-0.4, -0.2) is 27.2 Å². The van der Waals surface area contributed by atoms with E-state index in [1.165, 1.54) is 19.2 Å². The standard InChI is InChI=1S/C22H23NO6S/c1-4-30(26,27)17-8-5-15(6-9-17)23-21(24)12-11-19-14(2)18-10-7-16(28-3)13-20(18)29-22(19)25/h5-10,13H,4,11-12H2,1-3H3,(H,23,24). The molecular formula is C22H23NO6S. The predicted octanol–water partition coefficient (Wildman–Crippen LogP) is 3.47. The van der Waals surface area contributed by atoms with Crippen molar-refractivity contribution in [3.05, 3.63) is 64.0 Å². The molecule has 7 nitrogen and oxygen atoms in total. The largest absolute Gasteiger partial charge is 0.497 e. The fourth-order valence-electron chi connectivity index (χ4n) is 3.16. The maximum Gasteiger partial charge on any atom is 0.339 e. The van der Waals surface area contributed by atoms with Gasteiger partial charge >= 0.3 is 5.63 Å². The van der Waals surface area contributed by atoms with Crippen molar-refractivity contribution < 1.29 is 22.4 Å². The van der Waals surface area contributed by atoms with Crippen LogP contribution in [0.15, 0.2) is 56.6 Å². The van der Waals surface area contributed by atoms with Gasteiger partial charge < -0.3 is 14.5 Å². The van der Waals surface area contributed by atoms with Crippen LogP contribution in [0.3, 0.4) is 0 Å². The highest BCUT2D eigenvalue weighted by Gasteiger charge is 2.15. The van der Waals surface area contributed by atoms with E-state index >= 15 is 0 Å². The molecule has 1 heterocycles. The van der Waals surface area contributed by atoms with E-state index in [4.69, 9.17) is 9.15 Å². The van der Waals surface area contributed by atoms with E-state index in [0.717, 1.165) is 10.9 Å². The number of hydrogen-bond donors (Lipinski definition) is 1. The molecule has 1 amide bonds. The molecule has 0 saturated carbocycles. The number of sulfone groups is 1. The van der Waals surface area contributed by atoms with E-state index in [2.05, 4.69) is 5.32 Å². The van der Waals surface area contributed by atoms with Crippen molar-refractivity contribution in [2.24, 2.45) is 0 Å². The van der Waals surface area contributed by atoms with Crippen LogP contribution in [0.25, 0.3) is 11.0 Å². The molecule has 3 rings (SSSR count). The van der Waals surface area contributed by atoms with E-state index in [1.807, 2.05) is 13.0 Å². The third-order valence-electron chi connectivity index (χ3n) is 4.97. The summed E-state index contributed by atoms with van der Waals surface area (Å²) < 4.78 is 34.3. The molecule has 0 spiro atoms. The predicted molar refractivity (Wildman–Crippen MR) is 115 cm³/mol. The third kappa shape index (κ3) is 4.54. The zero-order valence-electron chi connectivity index (χ0n) is 17.0. The van der Waals surface area contributed by atoms with Gasteiger partial charge in [-0.2, -0.15) is 0 Å². The fourth-order valence-corrected chi connectivity index (χ4v) is 4.05. The number of anilines is 1. The number of carbonyl (C=O) groups excluding carboxylic acids is 1. The number of rotatable bonds is 7. The van der Waals surface area contributed by atoms with Crippen molar-refractivity contribution >= 4 is 32.4 Å². The van der Waals surface area contributed by atoms with Gasteiger partial charge in [-0.1, -0.05) is 6.92 Å². The molecule has 0 saturated heterocycles. The van der Waals surface area contributed by atoms with Crippen molar-refractivity contribution in [3.8, 4) is 5.75 Å². The Labute approximate surface area is 174 Å². The van der Waals surface area contributed by atoms with Gasteiger partial charge in [-0.25, -0.2) is 13.2 Å². The van der Waals surface area contributed by atoms with Crippen molar-refractivity contribution in [1.82, 2.24) is 0 Å². The third-order valence-corrected chi connectivity index (χ3v) is 6.72. The summed E-state index contributed by atoms with van der Waals surface area (Å²) in [5, 5.41) is 3.51. The lowest BCUT2D eigenvalue weighted by atomic mass is 10.0. The zero-order valence-corrected chi connectivity index (χ0v) is 17.8. The van der Waals surface area contributed by atoms with E-state index in [-0.39, 0.29) is 29.4 Å². The maximum atomic E-state index is 12.4. The van der Waals surface area contributed by atoms with Gasteiger partial charge in [0.15, 0.2) is 9.84 Å². The minimum atomic E-state index is -3.29. The molecule has 0 radical (unpaired) electrons. The Bertz CT molecular complexity index is 1240. The van der Waals surface area contributed by atoms with E-state index in [9.17, 15) is 18.0 Å². The minimum Gasteiger partial charge on any atom is -0.497 e. The first kappa shape index (κ1) is 21.6. The van der Waals surface area contributed by atoms with E-state index in [0.29, 0.717) is 22.6 Å². The molecule has 0 fully saturated rings. The highest BCUT2D eigenvalue weighted by atomic mass is 32.2. The SMILES string of the molecule is CCS(=O)(=O)c1ccc(NC(=O)CCc2c(C)c3ccc(OC)cc3oc2=O)cc1. The molecule has 0 atom stereocenters. The maximum absolute atomic E-state index is 12.4.